The van der Waals surface area contributed by atoms with Crippen molar-refractivity contribution in [3.8, 4) is 0 Å². The summed E-state index contributed by atoms with van der Waals surface area (Å²) >= 11 is 0. The van der Waals surface area contributed by atoms with Gasteiger partial charge in [-0.1, -0.05) is 0 Å². The van der Waals surface area contributed by atoms with Gasteiger partial charge in [0, 0.05) is 25.2 Å². The first-order chi connectivity index (χ1) is 8.16. The number of likely N-dealkylation sites (tertiary alicyclic amines) is 1. The van der Waals surface area contributed by atoms with Gasteiger partial charge in [0.1, 0.15) is 0 Å². The van der Waals surface area contributed by atoms with Gasteiger partial charge in [-0.25, -0.2) is 0 Å². The van der Waals surface area contributed by atoms with Gasteiger partial charge in [0.15, 0.2) is 5.69 Å². The zero-order chi connectivity index (χ0) is 12.3. The summed E-state index contributed by atoms with van der Waals surface area (Å²) in [7, 11) is 0. The third-order valence-corrected chi connectivity index (χ3v) is 3.24. The van der Waals surface area contributed by atoms with Crippen LogP contribution in [0.3, 0.4) is 0 Å². The van der Waals surface area contributed by atoms with Crippen LogP contribution in [-0.2, 0) is 0 Å². The summed E-state index contributed by atoms with van der Waals surface area (Å²) in [6.45, 7) is 6.49. The van der Waals surface area contributed by atoms with Gasteiger partial charge >= 0.3 is 0 Å². The van der Waals surface area contributed by atoms with E-state index in [2.05, 4.69) is 39.5 Å². The van der Waals surface area contributed by atoms with E-state index < -0.39 is 0 Å². The van der Waals surface area contributed by atoms with Crippen LogP contribution < -0.4 is 5.32 Å². The van der Waals surface area contributed by atoms with E-state index in [0.717, 1.165) is 25.9 Å². The predicted octanol–water partition coefficient (Wildman–Crippen LogP) is 0.407. The molecule has 17 heavy (non-hydrogen) atoms. The second-order valence-electron chi connectivity index (χ2n) is 4.73. The molecule has 1 saturated heterocycles. The number of carbonyl (C=O) groups is 1. The molecule has 2 heterocycles. The number of carbonyl (C=O) groups excluding carboxylic acids is 1. The maximum absolute atomic E-state index is 11.7. The van der Waals surface area contributed by atoms with Crippen molar-refractivity contribution in [3.63, 3.8) is 0 Å². The molecule has 0 atom stereocenters. The van der Waals surface area contributed by atoms with Crippen LogP contribution in [-0.4, -0.2) is 51.4 Å². The van der Waals surface area contributed by atoms with E-state index >= 15 is 0 Å². The standard InChI is InChI=1S/C11H19N5O/c1-8(2)16-5-3-9(4-6-16)13-11(17)10-7-12-15-14-10/h7-9H,3-6H2,1-2H3,(H,13,17)(H,12,14,15). The van der Waals surface area contributed by atoms with E-state index in [1.54, 1.807) is 0 Å². The number of H-pyrrole nitrogens is 1. The Balaban J connectivity index is 1.80. The summed E-state index contributed by atoms with van der Waals surface area (Å²) in [5.41, 5.74) is 0.358. The van der Waals surface area contributed by atoms with Crippen LogP contribution in [0.2, 0.25) is 0 Å². The fourth-order valence-corrected chi connectivity index (χ4v) is 2.13. The fourth-order valence-electron chi connectivity index (χ4n) is 2.13. The van der Waals surface area contributed by atoms with Gasteiger partial charge in [-0.3, -0.25) is 4.79 Å². The molecule has 0 aliphatic carbocycles. The van der Waals surface area contributed by atoms with Crippen LogP contribution in [0.1, 0.15) is 37.2 Å². The molecule has 0 radical (unpaired) electrons. The maximum atomic E-state index is 11.7. The van der Waals surface area contributed by atoms with Crippen molar-refractivity contribution < 1.29 is 4.79 Å². The zero-order valence-electron chi connectivity index (χ0n) is 10.3. The molecule has 0 aromatic carbocycles. The minimum absolute atomic E-state index is 0.137. The number of aromatic nitrogens is 3. The highest BCUT2D eigenvalue weighted by atomic mass is 16.2. The largest absolute Gasteiger partial charge is 0.348 e. The van der Waals surface area contributed by atoms with Gasteiger partial charge in [0.2, 0.25) is 0 Å². The zero-order valence-corrected chi connectivity index (χ0v) is 10.3. The molecule has 6 nitrogen and oxygen atoms in total. The molecule has 94 valence electrons. The molecule has 2 rings (SSSR count). The van der Waals surface area contributed by atoms with E-state index in [1.807, 2.05) is 0 Å². The molecule has 0 saturated carbocycles. The molecule has 0 bridgehead atoms. The van der Waals surface area contributed by atoms with Crippen molar-refractivity contribution in [3.05, 3.63) is 11.9 Å². The Hall–Kier alpha value is -1.43. The Morgan fingerprint density at radius 1 is 1.53 bits per heavy atom. The van der Waals surface area contributed by atoms with Gasteiger partial charge in [-0.2, -0.15) is 15.4 Å². The van der Waals surface area contributed by atoms with Gasteiger partial charge in [-0.05, 0) is 26.7 Å². The summed E-state index contributed by atoms with van der Waals surface area (Å²) in [5.74, 6) is -0.137. The Labute approximate surface area is 101 Å². The summed E-state index contributed by atoms with van der Waals surface area (Å²) < 4.78 is 0. The van der Waals surface area contributed by atoms with Crippen LogP contribution >= 0.6 is 0 Å². The molecule has 6 heteroatoms. The van der Waals surface area contributed by atoms with Crippen LogP contribution in [0.15, 0.2) is 6.20 Å². The predicted molar refractivity (Wildman–Crippen MR) is 63.6 cm³/mol. The molecular weight excluding hydrogens is 218 g/mol. The number of hydrogen-bond donors (Lipinski definition) is 2. The Morgan fingerprint density at radius 2 is 2.24 bits per heavy atom. The third-order valence-electron chi connectivity index (χ3n) is 3.24. The van der Waals surface area contributed by atoms with Crippen LogP contribution in [0.4, 0.5) is 0 Å². The van der Waals surface area contributed by atoms with Gasteiger partial charge in [0.25, 0.3) is 5.91 Å². The number of nitrogens with one attached hydrogen (secondary N) is 2. The van der Waals surface area contributed by atoms with E-state index in [9.17, 15) is 4.79 Å². The van der Waals surface area contributed by atoms with E-state index in [4.69, 9.17) is 0 Å². The minimum Gasteiger partial charge on any atom is -0.348 e. The minimum atomic E-state index is -0.137. The summed E-state index contributed by atoms with van der Waals surface area (Å²) in [6.07, 6.45) is 3.45. The van der Waals surface area contributed by atoms with Crippen LogP contribution in [0.5, 0.6) is 0 Å². The normalized spacial score (nSPS) is 18.5. The highest BCUT2D eigenvalue weighted by molar-refractivity contribution is 5.91. The fraction of sp³-hybridized carbons (Fsp3) is 0.727. The monoisotopic (exact) mass is 237 g/mol. The molecule has 0 unspecified atom stereocenters. The highest BCUT2D eigenvalue weighted by Gasteiger charge is 2.22. The lowest BCUT2D eigenvalue weighted by atomic mass is 10.0. The SMILES string of the molecule is CC(C)N1CCC(NC(=O)c2cn[nH]n2)CC1. The second-order valence-corrected chi connectivity index (χ2v) is 4.73. The molecule has 1 amide bonds. The summed E-state index contributed by atoms with van der Waals surface area (Å²) in [4.78, 5) is 14.2. The Kier molecular flexibility index (Phi) is 3.73. The van der Waals surface area contributed by atoms with Crippen molar-refractivity contribution in [2.24, 2.45) is 0 Å². The Morgan fingerprint density at radius 3 is 2.76 bits per heavy atom. The van der Waals surface area contributed by atoms with Gasteiger partial charge < -0.3 is 10.2 Å². The Bertz CT molecular complexity index is 354. The lowest BCUT2D eigenvalue weighted by Gasteiger charge is -2.34. The first-order valence-electron chi connectivity index (χ1n) is 6.07. The summed E-state index contributed by atoms with van der Waals surface area (Å²) in [6, 6.07) is 0.844. The number of amides is 1. The van der Waals surface area contributed by atoms with Crippen molar-refractivity contribution in [2.45, 2.75) is 38.8 Å². The first-order valence-corrected chi connectivity index (χ1v) is 6.07. The average Bonchev–Trinajstić information content (AvgIpc) is 2.83. The van der Waals surface area contributed by atoms with Crippen molar-refractivity contribution in [1.29, 1.82) is 0 Å². The molecule has 1 aromatic rings. The molecule has 1 aliphatic heterocycles. The molecule has 0 spiro atoms. The number of nitrogens with zero attached hydrogens (tertiary/aromatic N) is 3. The van der Waals surface area contributed by atoms with Crippen molar-refractivity contribution in [1.82, 2.24) is 25.6 Å². The number of piperidine rings is 1. The molecule has 1 aliphatic rings. The molecule has 2 N–H and O–H groups in total. The number of hydrogen-bond acceptors (Lipinski definition) is 4. The van der Waals surface area contributed by atoms with Crippen LogP contribution in [0, 0.1) is 0 Å². The van der Waals surface area contributed by atoms with Gasteiger partial charge in [0.05, 0.1) is 6.20 Å². The van der Waals surface area contributed by atoms with E-state index in [1.165, 1.54) is 6.20 Å². The average molecular weight is 237 g/mol. The maximum Gasteiger partial charge on any atom is 0.273 e. The molecule has 1 aromatic heterocycles. The topological polar surface area (TPSA) is 73.9 Å². The lowest BCUT2D eigenvalue weighted by Crippen LogP contribution is -2.46. The number of aromatic amines is 1. The second kappa shape index (κ2) is 5.27. The first kappa shape index (κ1) is 12.0. The smallest absolute Gasteiger partial charge is 0.273 e. The van der Waals surface area contributed by atoms with E-state index in [0.29, 0.717) is 11.7 Å². The third kappa shape index (κ3) is 3.03. The lowest BCUT2D eigenvalue weighted by molar-refractivity contribution is 0.0895. The quantitative estimate of drug-likeness (QED) is 0.798. The molecule has 1 fully saturated rings. The van der Waals surface area contributed by atoms with Crippen molar-refractivity contribution >= 4 is 5.91 Å². The summed E-state index contributed by atoms with van der Waals surface area (Å²) in [5, 5.41) is 12.8. The van der Waals surface area contributed by atoms with Gasteiger partial charge in [-0.15, -0.1) is 0 Å². The number of rotatable bonds is 3. The van der Waals surface area contributed by atoms with E-state index in [-0.39, 0.29) is 11.9 Å². The van der Waals surface area contributed by atoms with Crippen LogP contribution in [0.25, 0.3) is 0 Å². The van der Waals surface area contributed by atoms with Crippen molar-refractivity contribution in [2.75, 3.05) is 13.1 Å². The highest BCUT2D eigenvalue weighted by Crippen LogP contribution is 2.13. The molecular formula is C11H19N5O.